The molecule has 124 valence electrons. The van der Waals surface area contributed by atoms with E-state index in [-0.39, 0.29) is 29.7 Å². The van der Waals surface area contributed by atoms with Gasteiger partial charge in [0.1, 0.15) is 0 Å². The van der Waals surface area contributed by atoms with E-state index in [2.05, 4.69) is 12.2 Å². The largest absolute Gasteiger partial charge is 0.504 e. The van der Waals surface area contributed by atoms with Crippen molar-refractivity contribution in [3.8, 4) is 11.5 Å². The molecule has 0 radical (unpaired) electrons. The van der Waals surface area contributed by atoms with Crippen molar-refractivity contribution >= 4 is 5.91 Å². The van der Waals surface area contributed by atoms with Crippen molar-refractivity contribution in [3.63, 3.8) is 0 Å². The molecule has 2 aromatic rings. The van der Waals surface area contributed by atoms with Crippen LogP contribution in [0.4, 0.5) is 0 Å². The van der Waals surface area contributed by atoms with Gasteiger partial charge in [-0.1, -0.05) is 57.2 Å². The van der Waals surface area contributed by atoms with Gasteiger partial charge in [0, 0.05) is 6.54 Å². The average molecular weight is 315 g/mol. The summed E-state index contributed by atoms with van der Waals surface area (Å²) in [4.78, 5) is 11.9. The van der Waals surface area contributed by atoms with E-state index in [0.717, 1.165) is 0 Å². The summed E-state index contributed by atoms with van der Waals surface area (Å²) in [6, 6.07) is 14.4. The van der Waals surface area contributed by atoms with E-state index < -0.39 is 0 Å². The molecule has 0 fully saturated rings. The number of phenolic OH excluding ortho intramolecular Hbond substituents is 2. The van der Waals surface area contributed by atoms with Crippen molar-refractivity contribution < 1.29 is 15.0 Å². The van der Waals surface area contributed by atoms with Crippen LogP contribution in [0.25, 0.3) is 0 Å². The minimum Gasteiger partial charge on any atom is -0.504 e. The smallest absolute Gasteiger partial charge is 0.224 e. The Morgan fingerprint density at radius 1 is 1.04 bits per heavy atom. The molecule has 1 atom stereocenters. The number of nitrogens with one attached hydrogen (secondary N) is 1. The first-order chi connectivity index (χ1) is 11.1. The Morgan fingerprint density at radius 3 is 2.30 bits per heavy atom. The predicted octanol–water partition coefficient (Wildman–Crippen LogP) is 3.59. The van der Waals surface area contributed by atoms with Crippen molar-refractivity contribution in [2.75, 3.05) is 6.54 Å². The van der Waals surface area contributed by atoms with Crippen LogP contribution >= 0.6 is 0 Å². The van der Waals surface area contributed by atoms with Crippen molar-refractivity contribution in [1.82, 2.24) is 5.32 Å². The molecule has 0 aliphatic rings. The van der Waals surface area contributed by atoms with Gasteiger partial charge in [0.05, 0.1) is 6.42 Å². The molecule has 1 amide bonds. The molecule has 4 heteroatoms. The number of aromatic hydroxyl groups is 2. The normalized spacial score (nSPS) is 11.1. The van der Waals surface area contributed by atoms with Crippen molar-refractivity contribution in [2.45, 2.75) is 33.1 Å². The molecular formula is C19H25NO3. The molecule has 4 nitrogen and oxygen atoms in total. The number of carbonyl (C=O) groups excluding carboxylic acids is 1. The fraction of sp³-hybridized carbons (Fsp3) is 0.316. The van der Waals surface area contributed by atoms with Crippen LogP contribution in [0, 0.1) is 0 Å². The fourth-order valence-corrected chi connectivity index (χ4v) is 2.09. The number of benzene rings is 2. The number of amides is 1. The molecule has 2 rings (SSSR count). The Morgan fingerprint density at radius 2 is 1.70 bits per heavy atom. The van der Waals surface area contributed by atoms with Crippen LogP contribution in [0.5, 0.6) is 11.5 Å². The number of hydrogen-bond acceptors (Lipinski definition) is 3. The third-order valence-electron chi connectivity index (χ3n) is 3.38. The van der Waals surface area contributed by atoms with Gasteiger partial charge in [0.15, 0.2) is 11.5 Å². The quantitative estimate of drug-likeness (QED) is 0.739. The van der Waals surface area contributed by atoms with Crippen molar-refractivity contribution in [1.29, 1.82) is 0 Å². The van der Waals surface area contributed by atoms with Crippen molar-refractivity contribution in [2.24, 2.45) is 0 Å². The van der Waals surface area contributed by atoms with Crippen LogP contribution in [0.1, 0.15) is 37.8 Å². The highest BCUT2D eigenvalue weighted by Crippen LogP contribution is 2.25. The van der Waals surface area contributed by atoms with Gasteiger partial charge in [0.25, 0.3) is 0 Å². The molecule has 0 saturated heterocycles. The molecule has 0 aromatic heterocycles. The Balaban J connectivity index is 0.00000127. The maximum absolute atomic E-state index is 11.9. The van der Waals surface area contributed by atoms with Crippen LogP contribution in [0.2, 0.25) is 0 Å². The molecule has 3 N–H and O–H groups in total. The molecule has 2 aromatic carbocycles. The van der Waals surface area contributed by atoms with Gasteiger partial charge in [-0.25, -0.2) is 0 Å². The summed E-state index contributed by atoms with van der Waals surface area (Å²) >= 11 is 0. The first-order valence-electron chi connectivity index (χ1n) is 7.88. The van der Waals surface area contributed by atoms with Crippen LogP contribution in [-0.2, 0) is 11.2 Å². The first kappa shape index (κ1) is 18.6. The van der Waals surface area contributed by atoms with Gasteiger partial charge in [-0.3, -0.25) is 4.79 Å². The zero-order valence-corrected chi connectivity index (χ0v) is 13.9. The van der Waals surface area contributed by atoms with E-state index in [9.17, 15) is 15.0 Å². The van der Waals surface area contributed by atoms with Crippen LogP contribution in [-0.4, -0.2) is 22.7 Å². The molecule has 23 heavy (non-hydrogen) atoms. The lowest BCUT2D eigenvalue weighted by Gasteiger charge is -2.13. The highest BCUT2D eigenvalue weighted by Gasteiger charge is 2.09. The maximum Gasteiger partial charge on any atom is 0.224 e. The van der Waals surface area contributed by atoms with E-state index in [4.69, 9.17) is 0 Å². The molecule has 0 bridgehead atoms. The summed E-state index contributed by atoms with van der Waals surface area (Å²) in [5.41, 5.74) is 1.84. The SMILES string of the molecule is CC.CC(CNC(=O)Cc1ccc(O)c(O)c1)c1ccccc1. The molecule has 0 spiro atoms. The Kier molecular flexibility index (Phi) is 7.67. The number of carbonyl (C=O) groups is 1. The summed E-state index contributed by atoms with van der Waals surface area (Å²) < 4.78 is 0. The molecule has 0 aliphatic heterocycles. The fourth-order valence-electron chi connectivity index (χ4n) is 2.09. The summed E-state index contributed by atoms with van der Waals surface area (Å²) in [5.74, 6) is -0.263. The second-order valence-corrected chi connectivity index (χ2v) is 5.12. The minimum atomic E-state index is -0.210. The topological polar surface area (TPSA) is 69.6 Å². The van der Waals surface area contributed by atoms with E-state index >= 15 is 0 Å². The van der Waals surface area contributed by atoms with Gasteiger partial charge < -0.3 is 15.5 Å². The lowest BCUT2D eigenvalue weighted by atomic mass is 10.0. The summed E-state index contributed by atoms with van der Waals surface area (Å²) in [6.45, 7) is 6.62. The lowest BCUT2D eigenvalue weighted by Crippen LogP contribution is -2.28. The third kappa shape index (κ3) is 6.02. The van der Waals surface area contributed by atoms with Gasteiger partial charge in [-0.15, -0.1) is 0 Å². The molecule has 1 unspecified atom stereocenters. The highest BCUT2D eigenvalue weighted by atomic mass is 16.3. The lowest BCUT2D eigenvalue weighted by molar-refractivity contribution is -0.120. The van der Waals surface area contributed by atoms with Gasteiger partial charge in [-0.05, 0) is 29.2 Å². The molecule has 0 heterocycles. The molecule has 0 aliphatic carbocycles. The van der Waals surface area contributed by atoms with Crippen LogP contribution in [0.3, 0.4) is 0 Å². The number of phenols is 2. The number of rotatable bonds is 5. The molecular weight excluding hydrogens is 290 g/mol. The summed E-state index contributed by atoms with van der Waals surface area (Å²) in [5, 5.41) is 21.5. The van der Waals surface area contributed by atoms with Crippen molar-refractivity contribution in [3.05, 3.63) is 59.7 Å². The predicted molar refractivity (Wildman–Crippen MR) is 92.7 cm³/mol. The first-order valence-corrected chi connectivity index (χ1v) is 7.88. The van der Waals surface area contributed by atoms with Gasteiger partial charge in [-0.2, -0.15) is 0 Å². The Labute approximate surface area is 137 Å². The van der Waals surface area contributed by atoms with E-state index in [0.29, 0.717) is 12.1 Å². The number of hydrogen-bond donors (Lipinski definition) is 3. The van der Waals surface area contributed by atoms with Gasteiger partial charge >= 0.3 is 0 Å². The zero-order valence-electron chi connectivity index (χ0n) is 13.9. The highest BCUT2D eigenvalue weighted by molar-refractivity contribution is 5.78. The standard InChI is InChI=1S/C17H19NO3.C2H6/c1-12(14-5-3-2-4-6-14)11-18-17(21)10-13-7-8-15(19)16(20)9-13;1-2/h2-9,12,19-20H,10-11H2,1H3,(H,18,21);1-2H3. The van der Waals surface area contributed by atoms with E-state index in [1.165, 1.54) is 17.7 Å². The third-order valence-corrected chi connectivity index (χ3v) is 3.38. The molecule has 0 saturated carbocycles. The van der Waals surface area contributed by atoms with Crippen LogP contribution < -0.4 is 5.32 Å². The monoisotopic (exact) mass is 315 g/mol. The summed E-state index contributed by atoms with van der Waals surface area (Å²) in [6.07, 6.45) is 0.176. The van der Waals surface area contributed by atoms with E-state index in [1.807, 2.05) is 44.2 Å². The maximum atomic E-state index is 11.9. The van der Waals surface area contributed by atoms with Gasteiger partial charge in [0.2, 0.25) is 5.91 Å². The zero-order chi connectivity index (χ0) is 17.2. The average Bonchev–Trinajstić information content (AvgIpc) is 2.58. The second-order valence-electron chi connectivity index (χ2n) is 5.12. The minimum absolute atomic E-state index is 0.108. The Hall–Kier alpha value is -2.49. The summed E-state index contributed by atoms with van der Waals surface area (Å²) in [7, 11) is 0. The Bertz CT molecular complexity index is 611. The van der Waals surface area contributed by atoms with E-state index in [1.54, 1.807) is 6.07 Å². The second kappa shape index (κ2) is 9.51. The van der Waals surface area contributed by atoms with Crippen LogP contribution in [0.15, 0.2) is 48.5 Å².